The minimum absolute atomic E-state index is 0.732. The number of rotatable bonds is 7. The molecule has 1 aliphatic carbocycles. The third-order valence-electron chi connectivity index (χ3n) is 5.06. The minimum Gasteiger partial charge on any atom is -0.465 e. The molecule has 0 unspecified atom stereocenters. The van der Waals surface area contributed by atoms with Crippen molar-refractivity contribution in [1.82, 2.24) is 10.2 Å². The molecule has 0 amide bonds. The first-order valence-corrected chi connectivity index (χ1v) is 8.63. The van der Waals surface area contributed by atoms with Crippen LogP contribution >= 0.6 is 0 Å². The number of hydrogen-bond acceptors (Lipinski definition) is 3. The zero-order chi connectivity index (χ0) is 15.2. The zero-order valence-corrected chi connectivity index (χ0v) is 14.2. The highest BCUT2D eigenvalue weighted by Crippen LogP contribution is 2.29. The fourth-order valence-electron chi connectivity index (χ4n) is 3.47. The lowest BCUT2D eigenvalue weighted by molar-refractivity contribution is 0.148. The van der Waals surface area contributed by atoms with Gasteiger partial charge >= 0.3 is 0 Å². The highest BCUT2D eigenvalue weighted by atomic mass is 16.3. The van der Waals surface area contributed by atoms with Crippen molar-refractivity contribution in [1.29, 1.82) is 0 Å². The van der Waals surface area contributed by atoms with Crippen molar-refractivity contribution in [2.75, 3.05) is 13.6 Å². The maximum Gasteiger partial charge on any atom is 0.118 e. The van der Waals surface area contributed by atoms with E-state index in [0.29, 0.717) is 0 Å². The Hall–Kier alpha value is -0.800. The van der Waals surface area contributed by atoms with Crippen molar-refractivity contribution in [2.24, 2.45) is 5.92 Å². The van der Waals surface area contributed by atoms with Crippen LogP contribution in [0.5, 0.6) is 0 Å². The van der Waals surface area contributed by atoms with Gasteiger partial charge in [0, 0.05) is 18.2 Å². The van der Waals surface area contributed by atoms with Crippen LogP contribution in [0.3, 0.4) is 0 Å². The number of nitrogens with one attached hydrogen (secondary N) is 1. The largest absolute Gasteiger partial charge is 0.465 e. The molecule has 0 spiro atoms. The second-order valence-electron chi connectivity index (χ2n) is 6.57. The summed E-state index contributed by atoms with van der Waals surface area (Å²) in [6, 6.07) is 2.96. The van der Waals surface area contributed by atoms with Gasteiger partial charge in [-0.1, -0.05) is 20.3 Å². The highest BCUT2D eigenvalue weighted by Gasteiger charge is 2.23. The first kappa shape index (κ1) is 16.6. The van der Waals surface area contributed by atoms with Crippen LogP contribution in [0.4, 0.5) is 0 Å². The summed E-state index contributed by atoms with van der Waals surface area (Å²) >= 11 is 0. The Morgan fingerprint density at radius 1 is 1.24 bits per heavy atom. The maximum absolute atomic E-state index is 5.93. The molecule has 3 heteroatoms. The third-order valence-corrected chi connectivity index (χ3v) is 5.06. The van der Waals surface area contributed by atoms with Crippen LogP contribution in [-0.4, -0.2) is 24.5 Å². The fraction of sp³-hybridized carbons (Fsp3) is 0.778. The predicted molar refractivity (Wildman–Crippen MR) is 88.3 cm³/mol. The van der Waals surface area contributed by atoms with Gasteiger partial charge < -0.3 is 9.73 Å². The third kappa shape index (κ3) is 4.58. The van der Waals surface area contributed by atoms with E-state index >= 15 is 0 Å². The Balaban J connectivity index is 1.86. The predicted octanol–water partition coefficient (Wildman–Crippen LogP) is 4.10. The topological polar surface area (TPSA) is 28.4 Å². The monoisotopic (exact) mass is 292 g/mol. The minimum atomic E-state index is 0.732. The summed E-state index contributed by atoms with van der Waals surface area (Å²) in [7, 11) is 2.25. The number of nitrogens with zero attached hydrogens (tertiary/aromatic N) is 1. The summed E-state index contributed by atoms with van der Waals surface area (Å²) in [5, 5.41) is 3.37. The molecule has 1 fully saturated rings. The molecule has 0 radical (unpaired) electrons. The van der Waals surface area contributed by atoms with Crippen LogP contribution in [0.15, 0.2) is 10.5 Å². The molecule has 1 aliphatic rings. The molecule has 2 rings (SSSR count). The van der Waals surface area contributed by atoms with Gasteiger partial charge in [-0.3, -0.25) is 4.90 Å². The number of aryl methyl sites for hydroxylation is 1. The molecule has 1 aromatic heterocycles. The van der Waals surface area contributed by atoms with E-state index < -0.39 is 0 Å². The van der Waals surface area contributed by atoms with Gasteiger partial charge in [-0.2, -0.15) is 0 Å². The van der Waals surface area contributed by atoms with Crippen LogP contribution < -0.4 is 5.32 Å². The van der Waals surface area contributed by atoms with Gasteiger partial charge in [0.25, 0.3) is 0 Å². The van der Waals surface area contributed by atoms with Crippen LogP contribution in [0, 0.1) is 12.8 Å². The second kappa shape index (κ2) is 8.00. The van der Waals surface area contributed by atoms with Crippen molar-refractivity contribution in [3.8, 4) is 0 Å². The molecule has 0 aromatic carbocycles. The van der Waals surface area contributed by atoms with E-state index in [4.69, 9.17) is 4.42 Å². The van der Waals surface area contributed by atoms with Crippen LogP contribution in [0.1, 0.15) is 63.0 Å². The lowest BCUT2D eigenvalue weighted by atomic mass is 9.84. The second-order valence-corrected chi connectivity index (χ2v) is 6.57. The number of furan rings is 1. The van der Waals surface area contributed by atoms with Crippen LogP contribution in [0.2, 0.25) is 0 Å². The summed E-state index contributed by atoms with van der Waals surface area (Å²) in [5.74, 6) is 3.14. The van der Waals surface area contributed by atoms with Crippen molar-refractivity contribution < 1.29 is 4.42 Å². The molecule has 1 heterocycles. The average molecular weight is 292 g/mol. The smallest absolute Gasteiger partial charge is 0.118 e. The van der Waals surface area contributed by atoms with Crippen molar-refractivity contribution in [3.05, 3.63) is 23.2 Å². The summed E-state index contributed by atoms with van der Waals surface area (Å²) in [5.41, 5.74) is 1.30. The van der Waals surface area contributed by atoms with Crippen LogP contribution in [-0.2, 0) is 13.1 Å². The van der Waals surface area contributed by atoms with E-state index in [9.17, 15) is 0 Å². The van der Waals surface area contributed by atoms with Crippen molar-refractivity contribution in [2.45, 2.75) is 72.0 Å². The molecule has 0 saturated heterocycles. The van der Waals surface area contributed by atoms with Gasteiger partial charge in [-0.25, -0.2) is 0 Å². The quantitative estimate of drug-likeness (QED) is 0.820. The summed E-state index contributed by atoms with van der Waals surface area (Å²) in [4.78, 5) is 2.49. The van der Waals surface area contributed by atoms with Crippen molar-refractivity contribution in [3.63, 3.8) is 0 Å². The molecule has 0 bridgehead atoms. The molecule has 1 aromatic rings. The first-order chi connectivity index (χ1) is 10.1. The average Bonchev–Trinajstić information content (AvgIpc) is 2.84. The Morgan fingerprint density at radius 3 is 2.57 bits per heavy atom. The molecule has 21 heavy (non-hydrogen) atoms. The number of hydrogen-bond donors (Lipinski definition) is 1. The van der Waals surface area contributed by atoms with Gasteiger partial charge in [0.05, 0.1) is 6.54 Å². The van der Waals surface area contributed by atoms with Gasteiger partial charge in [0.15, 0.2) is 0 Å². The molecule has 120 valence electrons. The van der Waals surface area contributed by atoms with Gasteiger partial charge in [-0.15, -0.1) is 0 Å². The Labute approximate surface area is 130 Å². The van der Waals surface area contributed by atoms with E-state index in [2.05, 4.69) is 44.1 Å². The Kier molecular flexibility index (Phi) is 6.31. The highest BCUT2D eigenvalue weighted by molar-refractivity contribution is 5.20. The molecular weight excluding hydrogens is 260 g/mol. The van der Waals surface area contributed by atoms with Gasteiger partial charge in [-0.05, 0) is 58.2 Å². The molecular formula is C18H32N2O. The first-order valence-electron chi connectivity index (χ1n) is 8.63. The molecule has 0 aliphatic heterocycles. The molecule has 1 saturated carbocycles. The summed E-state index contributed by atoms with van der Waals surface area (Å²) in [6.45, 7) is 9.39. The van der Waals surface area contributed by atoms with E-state index in [1.54, 1.807) is 0 Å². The zero-order valence-electron chi connectivity index (χ0n) is 14.2. The van der Waals surface area contributed by atoms with E-state index in [-0.39, 0.29) is 0 Å². The van der Waals surface area contributed by atoms with Crippen molar-refractivity contribution >= 4 is 0 Å². The molecule has 3 nitrogen and oxygen atoms in total. The van der Waals surface area contributed by atoms with Gasteiger partial charge in [0.1, 0.15) is 11.5 Å². The van der Waals surface area contributed by atoms with Crippen LogP contribution in [0.25, 0.3) is 0 Å². The lowest BCUT2D eigenvalue weighted by Crippen LogP contribution is -2.34. The Morgan fingerprint density at radius 2 is 1.95 bits per heavy atom. The Bertz CT molecular complexity index is 419. The summed E-state index contributed by atoms with van der Waals surface area (Å²) < 4.78 is 5.93. The van der Waals surface area contributed by atoms with E-state index in [1.807, 2.05) is 0 Å². The maximum atomic E-state index is 5.93. The molecule has 0 atom stereocenters. The van der Waals surface area contributed by atoms with Gasteiger partial charge in [0.2, 0.25) is 0 Å². The molecule has 1 N–H and O–H groups in total. The standard InChI is InChI=1S/C18H32N2O/c1-5-15-7-9-17(10-8-15)20(4)13-18-11-16(12-19-6-2)14(3)21-18/h11,15,17,19H,5-10,12-13H2,1-4H3. The van der Waals surface area contributed by atoms with E-state index in [0.717, 1.165) is 43.1 Å². The normalized spacial score (nSPS) is 22.9. The summed E-state index contributed by atoms with van der Waals surface area (Å²) in [6.07, 6.45) is 6.84. The SMILES string of the molecule is CCNCc1cc(CN(C)C2CCC(CC)CC2)oc1C. The lowest BCUT2D eigenvalue weighted by Gasteiger charge is -2.34. The van der Waals surface area contributed by atoms with E-state index in [1.165, 1.54) is 37.7 Å². The fourth-order valence-corrected chi connectivity index (χ4v) is 3.47.